The highest BCUT2D eigenvalue weighted by Crippen LogP contribution is 2.33. The summed E-state index contributed by atoms with van der Waals surface area (Å²) in [6, 6.07) is 6.98. The molecule has 176 valence electrons. The first-order chi connectivity index (χ1) is 15.7. The molecule has 2 aliphatic rings. The molecule has 0 radical (unpaired) electrons. The molecule has 0 bridgehead atoms. The number of anilines is 1. The van der Waals surface area contributed by atoms with E-state index in [2.05, 4.69) is 20.9 Å². The number of amidine groups is 1. The van der Waals surface area contributed by atoms with Gasteiger partial charge in [0.25, 0.3) is 5.91 Å². The van der Waals surface area contributed by atoms with Crippen molar-refractivity contribution in [3.05, 3.63) is 52.6 Å². The third-order valence-corrected chi connectivity index (χ3v) is 5.70. The number of nitrogens with zero attached hydrogens (tertiary/aromatic N) is 1. The van der Waals surface area contributed by atoms with Gasteiger partial charge < -0.3 is 21.1 Å². The molecule has 1 aliphatic heterocycles. The number of allylic oxidation sites excluding steroid dienone is 2. The van der Waals surface area contributed by atoms with Gasteiger partial charge in [-0.25, -0.2) is 0 Å². The Bertz CT molecular complexity index is 1020. The predicted molar refractivity (Wildman–Crippen MR) is 129 cm³/mol. The number of benzene rings is 1. The second-order valence-corrected chi connectivity index (χ2v) is 9.10. The van der Waals surface area contributed by atoms with E-state index in [4.69, 9.17) is 28.3 Å². The Hall–Kier alpha value is -2.84. The van der Waals surface area contributed by atoms with Gasteiger partial charge >= 0.3 is 5.97 Å². The average molecular weight is 493 g/mol. The molecule has 0 saturated carbocycles. The van der Waals surface area contributed by atoms with Crippen molar-refractivity contribution in [3.63, 3.8) is 0 Å². The number of amides is 2. The normalized spacial score (nSPS) is 20.1. The second kappa shape index (κ2) is 11.3. The predicted octanol–water partition coefficient (Wildman–Crippen LogP) is 3.78. The number of carbonyl (C=O) groups excluding carboxylic acids is 2. The molecule has 8 nitrogen and oxygen atoms in total. The summed E-state index contributed by atoms with van der Waals surface area (Å²) < 4.78 is 0. The minimum Gasteiger partial charge on any atom is -0.481 e. The summed E-state index contributed by atoms with van der Waals surface area (Å²) in [5.41, 5.74) is 1.88. The molecule has 4 N–H and O–H groups in total. The van der Waals surface area contributed by atoms with Crippen molar-refractivity contribution in [1.82, 2.24) is 10.6 Å². The lowest BCUT2D eigenvalue weighted by Crippen LogP contribution is -2.47. The minimum atomic E-state index is -1.29. The summed E-state index contributed by atoms with van der Waals surface area (Å²) in [4.78, 5) is 39.0. The number of hydrogen-bond donors (Lipinski definition) is 4. The monoisotopic (exact) mass is 492 g/mol. The highest BCUT2D eigenvalue weighted by Gasteiger charge is 2.31. The second-order valence-electron chi connectivity index (χ2n) is 7.99. The molecule has 2 amide bonds. The number of carboxylic acid groups (broad SMARTS) is 1. The number of halogens is 2. The summed E-state index contributed by atoms with van der Waals surface area (Å²) in [6.07, 6.45) is 6.62. The Labute approximate surface area is 202 Å². The standard InChI is InChI=1S/C23H26Cl2N4O4/c24-17-10-15(7-8-21(31)32)12-23(25,13-17)29-20(30)14-27-22(33)16-4-3-5-18(11-16)28-19-6-1-2-9-26-19/h3-5,10-11,13H,1-2,6-9,12,14H2,(H,26,28)(H,27,33)(H,29,30)(H,31,32). The average Bonchev–Trinajstić information content (AvgIpc) is 2.76. The number of nitrogens with one attached hydrogen (secondary N) is 3. The van der Waals surface area contributed by atoms with E-state index in [1.54, 1.807) is 24.3 Å². The van der Waals surface area contributed by atoms with Crippen LogP contribution in [-0.4, -0.2) is 46.8 Å². The quantitative estimate of drug-likeness (QED) is 0.325. The van der Waals surface area contributed by atoms with Gasteiger partial charge in [0, 0.05) is 42.1 Å². The van der Waals surface area contributed by atoms with Crippen LogP contribution in [0.15, 0.2) is 52.0 Å². The molecule has 1 heterocycles. The smallest absolute Gasteiger partial charge is 0.303 e. The maximum absolute atomic E-state index is 12.5. The lowest BCUT2D eigenvalue weighted by molar-refractivity contribution is -0.137. The van der Waals surface area contributed by atoms with Crippen molar-refractivity contribution in [2.24, 2.45) is 4.99 Å². The Balaban J connectivity index is 1.52. The summed E-state index contributed by atoms with van der Waals surface area (Å²) in [7, 11) is 0. The molecule has 3 rings (SSSR count). The van der Waals surface area contributed by atoms with E-state index < -0.39 is 22.8 Å². The zero-order valence-corrected chi connectivity index (χ0v) is 19.5. The number of carbonyl (C=O) groups is 3. The molecule has 1 aromatic rings. The number of rotatable bonds is 8. The maximum atomic E-state index is 12.5. The highest BCUT2D eigenvalue weighted by molar-refractivity contribution is 6.33. The van der Waals surface area contributed by atoms with Crippen LogP contribution < -0.4 is 16.0 Å². The number of alkyl halides is 1. The van der Waals surface area contributed by atoms with E-state index in [0.717, 1.165) is 42.9 Å². The van der Waals surface area contributed by atoms with Crippen LogP contribution in [0.5, 0.6) is 0 Å². The van der Waals surface area contributed by atoms with Crippen molar-refractivity contribution in [2.45, 2.75) is 43.5 Å². The SMILES string of the molecule is O=C(O)CCC1=CC(Cl)=CC(Cl)(NC(=O)CNC(=O)c2cccc(NC3=NCCCC3)c2)C1. The summed E-state index contributed by atoms with van der Waals surface area (Å²) in [5, 5.41) is 17.7. The van der Waals surface area contributed by atoms with Gasteiger partial charge in [-0.3, -0.25) is 19.4 Å². The van der Waals surface area contributed by atoms with E-state index >= 15 is 0 Å². The van der Waals surface area contributed by atoms with Crippen LogP contribution in [0.25, 0.3) is 0 Å². The van der Waals surface area contributed by atoms with Gasteiger partial charge in [-0.2, -0.15) is 0 Å². The van der Waals surface area contributed by atoms with Crippen LogP contribution in [-0.2, 0) is 9.59 Å². The largest absolute Gasteiger partial charge is 0.481 e. The zero-order valence-electron chi connectivity index (χ0n) is 18.0. The van der Waals surface area contributed by atoms with E-state index in [1.165, 1.54) is 6.08 Å². The molecule has 0 spiro atoms. The molecule has 0 fully saturated rings. The van der Waals surface area contributed by atoms with Crippen molar-refractivity contribution in [3.8, 4) is 0 Å². The van der Waals surface area contributed by atoms with Crippen molar-refractivity contribution in [1.29, 1.82) is 0 Å². The van der Waals surface area contributed by atoms with Gasteiger partial charge in [0.2, 0.25) is 5.91 Å². The molecule has 33 heavy (non-hydrogen) atoms. The molecule has 1 aliphatic carbocycles. The molecule has 1 atom stereocenters. The maximum Gasteiger partial charge on any atom is 0.303 e. The van der Waals surface area contributed by atoms with Crippen LogP contribution in [0.3, 0.4) is 0 Å². The Morgan fingerprint density at radius 1 is 1.21 bits per heavy atom. The molecule has 0 saturated heterocycles. The third kappa shape index (κ3) is 7.91. The van der Waals surface area contributed by atoms with Gasteiger partial charge in [0.05, 0.1) is 6.54 Å². The lowest BCUT2D eigenvalue weighted by Gasteiger charge is -2.29. The summed E-state index contributed by atoms with van der Waals surface area (Å²) in [6.45, 7) is 0.522. The van der Waals surface area contributed by atoms with Gasteiger partial charge in [-0.05, 0) is 49.6 Å². The Morgan fingerprint density at radius 2 is 2.03 bits per heavy atom. The topological polar surface area (TPSA) is 120 Å². The highest BCUT2D eigenvalue weighted by atomic mass is 35.5. The van der Waals surface area contributed by atoms with Crippen LogP contribution in [0, 0.1) is 0 Å². The summed E-state index contributed by atoms with van der Waals surface area (Å²) >= 11 is 12.6. The van der Waals surface area contributed by atoms with E-state index in [0.29, 0.717) is 10.6 Å². The molecule has 0 aromatic heterocycles. The van der Waals surface area contributed by atoms with Crippen LogP contribution in [0.4, 0.5) is 5.69 Å². The first-order valence-electron chi connectivity index (χ1n) is 10.7. The summed E-state index contributed by atoms with van der Waals surface area (Å²) in [5.74, 6) is -0.923. The first kappa shape index (κ1) is 24.8. The van der Waals surface area contributed by atoms with Crippen LogP contribution >= 0.6 is 23.2 Å². The van der Waals surface area contributed by atoms with Gasteiger partial charge in [-0.1, -0.05) is 34.8 Å². The van der Waals surface area contributed by atoms with E-state index in [9.17, 15) is 14.4 Å². The van der Waals surface area contributed by atoms with Crippen molar-refractivity contribution < 1.29 is 19.5 Å². The fourth-order valence-corrected chi connectivity index (χ4v) is 4.43. The fourth-order valence-electron chi connectivity index (χ4n) is 3.64. The van der Waals surface area contributed by atoms with Crippen molar-refractivity contribution >= 4 is 52.5 Å². The third-order valence-electron chi connectivity index (χ3n) is 5.15. The van der Waals surface area contributed by atoms with Gasteiger partial charge in [0.1, 0.15) is 10.8 Å². The molecular formula is C23H26Cl2N4O4. The van der Waals surface area contributed by atoms with E-state index in [1.807, 2.05) is 6.07 Å². The molecule has 10 heteroatoms. The first-order valence-corrected chi connectivity index (χ1v) is 11.5. The number of aliphatic carboxylic acids is 1. The van der Waals surface area contributed by atoms with Gasteiger partial charge in [-0.15, -0.1) is 0 Å². The van der Waals surface area contributed by atoms with Crippen molar-refractivity contribution in [2.75, 3.05) is 18.4 Å². The number of hydrogen-bond acceptors (Lipinski definition) is 5. The van der Waals surface area contributed by atoms with E-state index in [-0.39, 0.29) is 25.8 Å². The Kier molecular flexibility index (Phi) is 8.52. The van der Waals surface area contributed by atoms with Crippen LogP contribution in [0.2, 0.25) is 0 Å². The molecule has 1 unspecified atom stereocenters. The fraction of sp³-hybridized carbons (Fsp3) is 0.391. The minimum absolute atomic E-state index is 0.0613. The molecule has 1 aromatic carbocycles. The number of aliphatic imine (C=N–C) groups is 1. The lowest BCUT2D eigenvalue weighted by atomic mass is 9.96. The zero-order chi connectivity index (χ0) is 23.8. The molecular weight excluding hydrogens is 467 g/mol. The Morgan fingerprint density at radius 3 is 2.76 bits per heavy atom. The van der Waals surface area contributed by atoms with Gasteiger partial charge in [0.15, 0.2) is 0 Å². The number of carboxylic acids is 1. The van der Waals surface area contributed by atoms with Crippen LogP contribution in [0.1, 0.15) is 48.9 Å².